The zero-order chi connectivity index (χ0) is 10.9. The second-order valence-corrected chi connectivity index (χ2v) is 5.46. The van der Waals surface area contributed by atoms with E-state index in [9.17, 15) is 8.42 Å². The van der Waals surface area contributed by atoms with Gasteiger partial charge in [0.05, 0.1) is 4.90 Å². The van der Waals surface area contributed by atoms with Crippen LogP contribution in [0, 0.1) is 0 Å². The lowest BCUT2D eigenvalue weighted by Gasteiger charge is -2.05. The normalized spacial score (nSPS) is 15.6. The largest absolute Gasteiger partial charge is 0.326 e. The molecule has 0 spiro atoms. The van der Waals surface area contributed by atoms with Crippen molar-refractivity contribution >= 4 is 22.4 Å². The first-order chi connectivity index (χ1) is 7.12. The van der Waals surface area contributed by atoms with Gasteiger partial charge in [-0.2, -0.15) is 0 Å². The summed E-state index contributed by atoms with van der Waals surface area (Å²) in [5, 5.41) is 0. The summed E-state index contributed by atoms with van der Waals surface area (Å²) in [6, 6.07) is 6.80. The van der Waals surface area contributed by atoms with E-state index in [2.05, 4.69) is 4.72 Å². The molecule has 1 aliphatic carbocycles. The first kappa shape index (κ1) is 13.4. The molecule has 6 heteroatoms. The molecule has 4 nitrogen and oxygen atoms in total. The van der Waals surface area contributed by atoms with Gasteiger partial charge in [0.1, 0.15) is 0 Å². The molecule has 2 rings (SSSR count). The van der Waals surface area contributed by atoms with E-state index in [-0.39, 0.29) is 18.4 Å². The van der Waals surface area contributed by atoms with E-state index in [1.807, 2.05) is 0 Å². The van der Waals surface area contributed by atoms with Gasteiger partial charge in [0.2, 0.25) is 10.0 Å². The van der Waals surface area contributed by atoms with Crippen molar-refractivity contribution in [2.75, 3.05) is 0 Å². The van der Waals surface area contributed by atoms with Crippen molar-refractivity contribution in [2.45, 2.75) is 30.3 Å². The van der Waals surface area contributed by atoms with E-state index in [0.29, 0.717) is 11.4 Å². The average molecular weight is 263 g/mol. The molecule has 0 heterocycles. The third-order valence-corrected chi connectivity index (χ3v) is 3.90. The van der Waals surface area contributed by atoms with Crippen LogP contribution in [-0.2, 0) is 16.6 Å². The first-order valence-corrected chi connectivity index (χ1v) is 6.41. The predicted octanol–water partition coefficient (Wildman–Crippen LogP) is 1.01. The second kappa shape index (κ2) is 5.14. The standard InChI is InChI=1S/C10H14N2O2S.ClH/c11-7-8-1-5-10(6-2-8)15(13,14)12-9-3-4-9;/h1-2,5-6,9,12H,3-4,7,11H2;1H. The minimum atomic E-state index is -3.31. The van der Waals surface area contributed by atoms with Crippen LogP contribution in [0.5, 0.6) is 0 Å². The predicted molar refractivity (Wildman–Crippen MR) is 64.9 cm³/mol. The number of hydrogen-bond donors (Lipinski definition) is 2. The van der Waals surface area contributed by atoms with Crippen LogP contribution >= 0.6 is 12.4 Å². The Bertz CT molecular complexity index is 440. The van der Waals surface area contributed by atoms with Gasteiger partial charge >= 0.3 is 0 Å². The highest BCUT2D eigenvalue weighted by Gasteiger charge is 2.27. The maximum absolute atomic E-state index is 11.7. The molecule has 1 aliphatic rings. The maximum Gasteiger partial charge on any atom is 0.240 e. The van der Waals surface area contributed by atoms with Crippen molar-refractivity contribution in [3.63, 3.8) is 0 Å². The Morgan fingerprint density at radius 1 is 1.25 bits per heavy atom. The zero-order valence-corrected chi connectivity index (χ0v) is 10.4. The number of hydrogen-bond acceptors (Lipinski definition) is 3. The number of nitrogens with two attached hydrogens (primary N) is 1. The molecule has 1 fully saturated rings. The fourth-order valence-electron chi connectivity index (χ4n) is 1.29. The highest BCUT2D eigenvalue weighted by Crippen LogP contribution is 2.22. The number of sulfonamides is 1. The molecule has 0 atom stereocenters. The van der Waals surface area contributed by atoms with Gasteiger partial charge in [0, 0.05) is 12.6 Å². The van der Waals surface area contributed by atoms with Crippen LogP contribution in [0.2, 0.25) is 0 Å². The third-order valence-electron chi connectivity index (χ3n) is 2.37. The summed E-state index contributed by atoms with van der Waals surface area (Å²) in [6.45, 7) is 0.427. The number of halogens is 1. The summed E-state index contributed by atoms with van der Waals surface area (Å²) in [6.07, 6.45) is 1.89. The van der Waals surface area contributed by atoms with Gasteiger partial charge in [-0.25, -0.2) is 13.1 Å². The molecule has 0 unspecified atom stereocenters. The minimum Gasteiger partial charge on any atom is -0.326 e. The average Bonchev–Trinajstić information content (AvgIpc) is 3.01. The van der Waals surface area contributed by atoms with Crippen LogP contribution in [0.1, 0.15) is 18.4 Å². The Kier molecular flexibility index (Phi) is 4.32. The fourth-order valence-corrected chi connectivity index (χ4v) is 2.60. The summed E-state index contributed by atoms with van der Waals surface area (Å²) >= 11 is 0. The molecule has 3 N–H and O–H groups in total. The molecular formula is C10H15ClN2O2S. The van der Waals surface area contributed by atoms with Crippen LogP contribution in [0.3, 0.4) is 0 Å². The summed E-state index contributed by atoms with van der Waals surface area (Å²) < 4.78 is 26.1. The van der Waals surface area contributed by atoms with Gasteiger partial charge in [0.15, 0.2) is 0 Å². The number of nitrogens with one attached hydrogen (secondary N) is 1. The molecular weight excluding hydrogens is 248 g/mol. The lowest BCUT2D eigenvalue weighted by Crippen LogP contribution is -2.25. The van der Waals surface area contributed by atoms with E-state index in [1.54, 1.807) is 24.3 Å². The van der Waals surface area contributed by atoms with Crippen molar-refractivity contribution in [3.05, 3.63) is 29.8 Å². The Morgan fingerprint density at radius 3 is 2.25 bits per heavy atom. The van der Waals surface area contributed by atoms with Crippen molar-refractivity contribution in [3.8, 4) is 0 Å². The van der Waals surface area contributed by atoms with Crippen molar-refractivity contribution < 1.29 is 8.42 Å². The molecule has 1 aromatic carbocycles. The van der Waals surface area contributed by atoms with Crippen LogP contribution in [0.4, 0.5) is 0 Å². The van der Waals surface area contributed by atoms with Crippen LogP contribution < -0.4 is 10.5 Å². The number of rotatable bonds is 4. The molecule has 16 heavy (non-hydrogen) atoms. The molecule has 0 amide bonds. The molecule has 1 aromatic rings. The molecule has 0 aliphatic heterocycles. The van der Waals surface area contributed by atoms with Crippen LogP contribution in [0.25, 0.3) is 0 Å². The quantitative estimate of drug-likeness (QED) is 0.851. The van der Waals surface area contributed by atoms with Gasteiger partial charge in [-0.05, 0) is 30.5 Å². The van der Waals surface area contributed by atoms with E-state index in [0.717, 1.165) is 18.4 Å². The van der Waals surface area contributed by atoms with E-state index >= 15 is 0 Å². The van der Waals surface area contributed by atoms with E-state index in [4.69, 9.17) is 5.73 Å². The van der Waals surface area contributed by atoms with Crippen LogP contribution in [-0.4, -0.2) is 14.5 Å². The molecule has 0 bridgehead atoms. The Hall–Kier alpha value is -0.620. The van der Waals surface area contributed by atoms with Crippen molar-refractivity contribution in [1.29, 1.82) is 0 Å². The summed E-state index contributed by atoms with van der Waals surface area (Å²) in [5.74, 6) is 0. The maximum atomic E-state index is 11.7. The molecule has 0 saturated heterocycles. The van der Waals surface area contributed by atoms with Crippen molar-refractivity contribution in [2.24, 2.45) is 5.73 Å². The van der Waals surface area contributed by atoms with Gasteiger partial charge in [-0.3, -0.25) is 0 Å². The molecule has 0 aromatic heterocycles. The van der Waals surface area contributed by atoms with Crippen molar-refractivity contribution in [1.82, 2.24) is 4.72 Å². The topological polar surface area (TPSA) is 72.2 Å². The smallest absolute Gasteiger partial charge is 0.240 e. The SMILES string of the molecule is Cl.NCc1ccc(S(=O)(=O)NC2CC2)cc1. The Labute approximate surface area is 102 Å². The lowest BCUT2D eigenvalue weighted by molar-refractivity contribution is 0.581. The fraction of sp³-hybridized carbons (Fsp3) is 0.400. The van der Waals surface area contributed by atoms with Gasteiger partial charge in [0.25, 0.3) is 0 Å². The Morgan fingerprint density at radius 2 is 1.81 bits per heavy atom. The van der Waals surface area contributed by atoms with Gasteiger partial charge < -0.3 is 5.73 Å². The molecule has 90 valence electrons. The lowest BCUT2D eigenvalue weighted by atomic mass is 10.2. The molecule has 0 radical (unpaired) electrons. The zero-order valence-electron chi connectivity index (χ0n) is 8.72. The highest BCUT2D eigenvalue weighted by molar-refractivity contribution is 7.89. The third kappa shape index (κ3) is 3.18. The van der Waals surface area contributed by atoms with E-state index in [1.165, 1.54) is 0 Å². The monoisotopic (exact) mass is 262 g/mol. The van der Waals surface area contributed by atoms with E-state index < -0.39 is 10.0 Å². The summed E-state index contributed by atoms with van der Waals surface area (Å²) in [4.78, 5) is 0.312. The molecule has 1 saturated carbocycles. The summed E-state index contributed by atoms with van der Waals surface area (Å²) in [5.41, 5.74) is 6.37. The summed E-state index contributed by atoms with van der Waals surface area (Å²) in [7, 11) is -3.31. The number of benzene rings is 1. The minimum absolute atomic E-state index is 0. The Balaban J connectivity index is 0.00000128. The second-order valence-electron chi connectivity index (χ2n) is 3.74. The van der Waals surface area contributed by atoms with Crippen LogP contribution in [0.15, 0.2) is 29.2 Å². The highest BCUT2D eigenvalue weighted by atomic mass is 35.5. The van der Waals surface area contributed by atoms with Gasteiger partial charge in [-0.1, -0.05) is 12.1 Å². The first-order valence-electron chi connectivity index (χ1n) is 4.93. The van der Waals surface area contributed by atoms with Gasteiger partial charge in [-0.15, -0.1) is 12.4 Å².